The third kappa shape index (κ3) is 1.73. The molecule has 1 aliphatic heterocycles. The highest BCUT2D eigenvalue weighted by molar-refractivity contribution is 9.10. The van der Waals surface area contributed by atoms with Crippen LogP contribution in [0, 0.1) is 11.7 Å². The van der Waals surface area contributed by atoms with Crippen LogP contribution >= 0.6 is 15.9 Å². The van der Waals surface area contributed by atoms with E-state index in [1.807, 2.05) is 0 Å². The monoisotopic (exact) mass is 299 g/mol. The lowest BCUT2D eigenvalue weighted by atomic mass is 9.86. The summed E-state index contributed by atoms with van der Waals surface area (Å²) < 4.78 is 19.7. The van der Waals surface area contributed by atoms with Crippen molar-refractivity contribution in [1.82, 2.24) is 5.32 Å². The Morgan fingerprint density at radius 1 is 1.47 bits per heavy atom. The molecule has 0 bridgehead atoms. The summed E-state index contributed by atoms with van der Waals surface area (Å²) in [5, 5.41) is 2.79. The van der Waals surface area contributed by atoms with E-state index in [-0.39, 0.29) is 18.3 Å². The van der Waals surface area contributed by atoms with E-state index < -0.39 is 11.6 Å². The van der Waals surface area contributed by atoms with Crippen molar-refractivity contribution in [3.8, 4) is 0 Å². The Bertz CT molecular complexity index is 489. The maximum atomic E-state index is 14.0. The van der Waals surface area contributed by atoms with Crippen LogP contribution in [0.4, 0.5) is 9.18 Å². The van der Waals surface area contributed by atoms with Gasteiger partial charge in [-0.25, -0.2) is 9.18 Å². The highest BCUT2D eigenvalue weighted by Gasteiger charge is 2.53. The summed E-state index contributed by atoms with van der Waals surface area (Å²) in [5.74, 6) is -0.0244. The van der Waals surface area contributed by atoms with Gasteiger partial charge in [0.25, 0.3) is 0 Å². The molecule has 17 heavy (non-hydrogen) atoms. The summed E-state index contributed by atoms with van der Waals surface area (Å²) in [5.41, 5.74) is -0.162. The number of amides is 1. The maximum Gasteiger partial charge on any atom is 0.408 e. The largest absolute Gasteiger partial charge is 0.447 e. The highest BCUT2D eigenvalue weighted by Crippen LogP contribution is 2.48. The fourth-order valence-corrected chi connectivity index (χ4v) is 2.80. The molecule has 2 fully saturated rings. The standard InChI is InChI=1S/C12H11BrFNO2/c13-8-3-4-10(14)9(5-8)12(7-1-2-7)6-17-11(16)15-12/h3-5,7H,1-2,6H2,(H,15,16)/t12-/m0/s1. The van der Waals surface area contributed by atoms with Gasteiger partial charge in [0.15, 0.2) is 0 Å². The van der Waals surface area contributed by atoms with Crippen molar-refractivity contribution in [3.05, 3.63) is 34.1 Å². The van der Waals surface area contributed by atoms with Crippen molar-refractivity contribution < 1.29 is 13.9 Å². The van der Waals surface area contributed by atoms with Gasteiger partial charge in [-0.05, 0) is 37.0 Å². The Labute approximate surface area is 106 Å². The van der Waals surface area contributed by atoms with Gasteiger partial charge >= 0.3 is 6.09 Å². The maximum absolute atomic E-state index is 14.0. The quantitative estimate of drug-likeness (QED) is 0.912. The number of benzene rings is 1. The molecule has 1 saturated carbocycles. The number of carbonyl (C=O) groups is 1. The second kappa shape index (κ2) is 3.70. The lowest BCUT2D eigenvalue weighted by molar-refractivity contribution is 0.169. The number of hydrogen-bond acceptors (Lipinski definition) is 2. The molecule has 1 saturated heterocycles. The van der Waals surface area contributed by atoms with Gasteiger partial charge in [0.2, 0.25) is 0 Å². The molecule has 1 N–H and O–H groups in total. The van der Waals surface area contributed by atoms with E-state index in [0.717, 1.165) is 17.3 Å². The molecule has 3 rings (SSSR count). The first-order valence-electron chi connectivity index (χ1n) is 5.52. The van der Waals surface area contributed by atoms with E-state index in [9.17, 15) is 9.18 Å². The van der Waals surface area contributed by atoms with Crippen LogP contribution in [0.15, 0.2) is 22.7 Å². The molecule has 1 aromatic carbocycles. The summed E-state index contributed by atoms with van der Waals surface area (Å²) >= 11 is 3.33. The van der Waals surface area contributed by atoms with E-state index in [1.54, 1.807) is 12.1 Å². The number of nitrogens with one attached hydrogen (secondary N) is 1. The van der Waals surface area contributed by atoms with Gasteiger partial charge < -0.3 is 10.1 Å². The Balaban J connectivity index is 2.09. The third-order valence-corrected chi connectivity index (χ3v) is 3.93. The molecule has 0 unspecified atom stereocenters. The van der Waals surface area contributed by atoms with Gasteiger partial charge in [0, 0.05) is 10.0 Å². The third-order valence-electron chi connectivity index (χ3n) is 3.44. The molecular formula is C12H11BrFNO2. The van der Waals surface area contributed by atoms with E-state index in [1.165, 1.54) is 6.07 Å². The number of rotatable bonds is 2. The van der Waals surface area contributed by atoms with Crippen molar-refractivity contribution in [2.45, 2.75) is 18.4 Å². The second-order valence-electron chi connectivity index (χ2n) is 4.57. The van der Waals surface area contributed by atoms with Gasteiger partial charge in [0.05, 0.1) is 0 Å². The molecule has 2 aliphatic rings. The average Bonchev–Trinajstić information content (AvgIpc) is 3.07. The number of cyclic esters (lactones) is 1. The molecule has 1 atom stereocenters. The smallest absolute Gasteiger partial charge is 0.408 e. The first-order chi connectivity index (χ1) is 8.12. The van der Waals surface area contributed by atoms with Gasteiger partial charge in [-0.1, -0.05) is 15.9 Å². The SMILES string of the molecule is O=C1N[C@](c2cc(Br)ccc2F)(C2CC2)CO1. The van der Waals surface area contributed by atoms with Crippen LogP contribution in [0.5, 0.6) is 0 Å². The Kier molecular flexibility index (Phi) is 2.40. The minimum absolute atomic E-state index is 0.212. The molecule has 1 heterocycles. The summed E-state index contributed by atoms with van der Waals surface area (Å²) in [6.07, 6.45) is 1.53. The van der Waals surface area contributed by atoms with Gasteiger partial charge in [-0.3, -0.25) is 0 Å². The topological polar surface area (TPSA) is 38.3 Å². The minimum atomic E-state index is -0.676. The van der Waals surface area contributed by atoms with Crippen LogP contribution in [-0.2, 0) is 10.3 Å². The number of carbonyl (C=O) groups excluding carboxylic acids is 1. The summed E-state index contributed by atoms with van der Waals surface area (Å²) in [4.78, 5) is 11.3. The summed E-state index contributed by atoms with van der Waals surface area (Å²) in [6, 6.07) is 4.79. The number of halogens is 2. The molecule has 0 radical (unpaired) electrons. The van der Waals surface area contributed by atoms with Crippen LogP contribution in [0.3, 0.4) is 0 Å². The van der Waals surface area contributed by atoms with Crippen LogP contribution in [-0.4, -0.2) is 12.7 Å². The predicted octanol–water partition coefficient (Wildman–Crippen LogP) is 2.93. The van der Waals surface area contributed by atoms with E-state index in [4.69, 9.17) is 4.74 Å². The fraction of sp³-hybridized carbons (Fsp3) is 0.417. The van der Waals surface area contributed by atoms with Gasteiger partial charge in [-0.15, -0.1) is 0 Å². The molecule has 3 nitrogen and oxygen atoms in total. The molecular weight excluding hydrogens is 289 g/mol. The Hall–Kier alpha value is -1.10. The van der Waals surface area contributed by atoms with Crippen molar-refractivity contribution in [2.75, 3.05) is 6.61 Å². The lowest BCUT2D eigenvalue weighted by Crippen LogP contribution is -2.43. The minimum Gasteiger partial charge on any atom is -0.447 e. The zero-order chi connectivity index (χ0) is 12.0. The molecule has 90 valence electrons. The van der Waals surface area contributed by atoms with Crippen LogP contribution < -0.4 is 5.32 Å². The normalized spacial score (nSPS) is 27.8. The van der Waals surface area contributed by atoms with E-state index in [2.05, 4.69) is 21.2 Å². The van der Waals surface area contributed by atoms with E-state index in [0.29, 0.717) is 5.56 Å². The predicted molar refractivity (Wildman–Crippen MR) is 63.0 cm³/mol. The molecule has 1 aromatic rings. The Morgan fingerprint density at radius 2 is 2.24 bits per heavy atom. The van der Waals surface area contributed by atoms with Crippen LogP contribution in [0.1, 0.15) is 18.4 Å². The van der Waals surface area contributed by atoms with Crippen molar-refractivity contribution in [3.63, 3.8) is 0 Å². The van der Waals surface area contributed by atoms with Crippen LogP contribution in [0.2, 0.25) is 0 Å². The van der Waals surface area contributed by atoms with Gasteiger partial charge in [0.1, 0.15) is 18.0 Å². The molecule has 0 spiro atoms. The molecule has 1 amide bonds. The summed E-state index contributed by atoms with van der Waals surface area (Å²) in [7, 11) is 0. The Morgan fingerprint density at radius 3 is 2.82 bits per heavy atom. The second-order valence-corrected chi connectivity index (χ2v) is 5.49. The van der Waals surface area contributed by atoms with Crippen molar-refractivity contribution in [1.29, 1.82) is 0 Å². The van der Waals surface area contributed by atoms with Gasteiger partial charge in [-0.2, -0.15) is 0 Å². The molecule has 0 aromatic heterocycles. The zero-order valence-corrected chi connectivity index (χ0v) is 10.6. The van der Waals surface area contributed by atoms with E-state index >= 15 is 0 Å². The highest BCUT2D eigenvalue weighted by atomic mass is 79.9. The zero-order valence-electron chi connectivity index (χ0n) is 9.00. The first-order valence-corrected chi connectivity index (χ1v) is 6.31. The van der Waals surface area contributed by atoms with Crippen molar-refractivity contribution >= 4 is 22.0 Å². The summed E-state index contributed by atoms with van der Waals surface area (Å²) in [6.45, 7) is 0.212. The van der Waals surface area contributed by atoms with Crippen LogP contribution in [0.25, 0.3) is 0 Å². The number of alkyl carbamates (subject to hydrolysis) is 1. The number of hydrogen-bond donors (Lipinski definition) is 1. The fourth-order valence-electron chi connectivity index (χ4n) is 2.43. The molecule has 1 aliphatic carbocycles. The van der Waals surface area contributed by atoms with Crippen molar-refractivity contribution in [2.24, 2.45) is 5.92 Å². The first kappa shape index (κ1) is 11.0. The number of ether oxygens (including phenoxy) is 1. The lowest BCUT2D eigenvalue weighted by Gasteiger charge is -2.27. The molecule has 5 heteroatoms. The average molecular weight is 300 g/mol.